The summed E-state index contributed by atoms with van der Waals surface area (Å²) in [5.74, 6) is -1.81. The molecule has 1 unspecified atom stereocenters. The van der Waals surface area contributed by atoms with E-state index in [1.165, 1.54) is 32.5 Å². The Balaban J connectivity index is 1.38. The van der Waals surface area contributed by atoms with Crippen LogP contribution in [-0.2, 0) is 39.8 Å². The van der Waals surface area contributed by atoms with Crippen LogP contribution in [0, 0.1) is 6.92 Å². The van der Waals surface area contributed by atoms with Gasteiger partial charge in [0, 0.05) is 48.6 Å². The first-order chi connectivity index (χ1) is 21.5. The molecule has 2 fully saturated rings. The van der Waals surface area contributed by atoms with E-state index in [0.717, 1.165) is 44.8 Å². The molecule has 1 saturated carbocycles. The standard InChI is InChI=1S/C34H37NO8S2/c1-18-6-7-24(29-32(44-5)30(40-19(2)36)31(41-20(3)37)34(43-29)42-21(4)38)16-25(18)17-27-14-15-28(45-27)22-8-10-23(11-9-22)33(39)35-26-12-13-26/h6-11,14-16,26,29-32,34H,12-13,17H2,1-5H3,(H,35,39)/t29?,30-,31-,32-,34-/m0/s1. The summed E-state index contributed by atoms with van der Waals surface area (Å²) in [5.41, 5.74) is 4.72. The smallest absolute Gasteiger partial charge is 0.305 e. The molecule has 0 spiro atoms. The molecule has 2 aromatic carbocycles. The number of amides is 1. The van der Waals surface area contributed by atoms with E-state index >= 15 is 0 Å². The molecule has 1 N–H and O–H groups in total. The van der Waals surface area contributed by atoms with E-state index in [4.69, 9.17) is 18.9 Å². The van der Waals surface area contributed by atoms with Gasteiger partial charge in [0.2, 0.25) is 12.4 Å². The summed E-state index contributed by atoms with van der Waals surface area (Å²) < 4.78 is 22.9. The van der Waals surface area contributed by atoms with Crippen LogP contribution >= 0.6 is 23.1 Å². The molecule has 0 radical (unpaired) electrons. The predicted octanol–water partition coefficient (Wildman–Crippen LogP) is 5.76. The Hall–Kier alpha value is -3.67. The number of esters is 3. The molecule has 2 heterocycles. The van der Waals surface area contributed by atoms with Crippen molar-refractivity contribution < 1.29 is 38.1 Å². The first-order valence-corrected chi connectivity index (χ1v) is 16.9. The van der Waals surface area contributed by atoms with Gasteiger partial charge >= 0.3 is 17.9 Å². The normalized spacial score (nSPS) is 22.7. The van der Waals surface area contributed by atoms with Crippen LogP contribution in [0.15, 0.2) is 54.6 Å². The van der Waals surface area contributed by atoms with Gasteiger partial charge in [0.15, 0.2) is 6.10 Å². The summed E-state index contributed by atoms with van der Waals surface area (Å²) in [6.07, 6.45) is 0.712. The molecule has 11 heteroatoms. The minimum atomic E-state index is -1.26. The van der Waals surface area contributed by atoms with Gasteiger partial charge in [0.1, 0.15) is 6.10 Å². The summed E-state index contributed by atoms with van der Waals surface area (Å²) in [6.45, 7) is 5.81. The van der Waals surface area contributed by atoms with Crippen molar-refractivity contribution in [3.63, 3.8) is 0 Å². The van der Waals surface area contributed by atoms with Crippen LogP contribution in [0.2, 0.25) is 0 Å². The molecule has 9 nitrogen and oxygen atoms in total. The highest BCUT2D eigenvalue weighted by atomic mass is 32.2. The first-order valence-electron chi connectivity index (χ1n) is 14.8. The van der Waals surface area contributed by atoms with Crippen molar-refractivity contribution in [1.82, 2.24) is 5.32 Å². The third-order valence-electron chi connectivity index (χ3n) is 7.73. The molecular formula is C34H37NO8S2. The minimum Gasteiger partial charge on any atom is -0.457 e. The lowest BCUT2D eigenvalue weighted by molar-refractivity contribution is -0.266. The van der Waals surface area contributed by atoms with E-state index in [-0.39, 0.29) is 5.91 Å². The van der Waals surface area contributed by atoms with Crippen LogP contribution in [0.1, 0.15) is 71.6 Å². The van der Waals surface area contributed by atoms with Gasteiger partial charge in [-0.2, -0.15) is 11.8 Å². The van der Waals surface area contributed by atoms with Crippen LogP contribution in [0.3, 0.4) is 0 Å². The summed E-state index contributed by atoms with van der Waals surface area (Å²) in [5, 5.41) is 2.57. The molecule has 5 rings (SSSR count). The second kappa shape index (κ2) is 14.2. The molecule has 238 valence electrons. The number of aryl methyl sites for hydroxylation is 1. The van der Waals surface area contributed by atoms with Crippen molar-refractivity contribution in [3.05, 3.63) is 81.7 Å². The predicted molar refractivity (Wildman–Crippen MR) is 172 cm³/mol. The lowest BCUT2D eigenvalue weighted by atomic mass is 9.92. The largest absolute Gasteiger partial charge is 0.457 e. The fourth-order valence-electron chi connectivity index (χ4n) is 5.39. The molecule has 1 saturated heterocycles. The molecule has 0 bridgehead atoms. The Morgan fingerprint density at radius 1 is 0.889 bits per heavy atom. The lowest BCUT2D eigenvalue weighted by Gasteiger charge is -2.44. The van der Waals surface area contributed by atoms with E-state index in [0.29, 0.717) is 18.0 Å². The van der Waals surface area contributed by atoms with Gasteiger partial charge < -0.3 is 24.3 Å². The van der Waals surface area contributed by atoms with Crippen molar-refractivity contribution in [1.29, 1.82) is 0 Å². The van der Waals surface area contributed by atoms with E-state index in [1.807, 2.05) is 49.6 Å². The number of ether oxygens (including phenoxy) is 4. The SMILES string of the molecule is CS[C@H]1C(c2ccc(C)c(Cc3ccc(-c4ccc(C(=O)NC5CC5)cc4)s3)c2)O[C@H](OC(C)=O)[C@@H](OC(C)=O)[C@@H]1OC(C)=O. The average Bonchev–Trinajstić information content (AvgIpc) is 3.68. The minimum absolute atomic E-state index is 0.0304. The molecule has 45 heavy (non-hydrogen) atoms. The quantitative estimate of drug-likeness (QED) is 0.216. The van der Waals surface area contributed by atoms with Gasteiger partial charge in [-0.1, -0.05) is 30.3 Å². The highest BCUT2D eigenvalue weighted by molar-refractivity contribution is 7.99. The van der Waals surface area contributed by atoms with E-state index in [9.17, 15) is 19.2 Å². The number of benzene rings is 2. The molecule has 5 atom stereocenters. The van der Waals surface area contributed by atoms with Crippen molar-refractivity contribution in [2.45, 2.75) is 82.9 Å². The monoisotopic (exact) mass is 651 g/mol. The van der Waals surface area contributed by atoms with Gasteiger partial charge in [0.25, 0.3) is 5.91 Å². The maximum atomic E-state index is 12.4. The molecule has 1 aromatic heterocycles. The van der Waals surface area contributed by atoms with Crippen LogP contribution in [0.25, 0.3) is 10.4 Å². The highest BCUT2D eigenvalue weighted by Gasteiger charge is 2.51. The molecule has 3 aromatic rings. The van der Waals surface area contributed by atoms with Gasteiger partial charge in [0.05, 0.1) is 5.25 Å². The van der Waals surface area contributed by atoms with Crippen molar-refractivity contribution in [2.24, 2.45) is 0 Å². The number of hydrogen-bond donors (Lipinski definition) is 1. The Morgan fingerprint density at radius 2 is 1.56 bits per heavy atom. The summed E-state index contributed by atoms with van der Waals surface area (Å²) >= 11 is 3.11. The van der Waals surface area contributed by atoms with Gasteiger partial charge in [-0.15, -0.1) is 11.3 Å². The van der Waals surface area contributed by atoms with Crippen molar-refractivity contribution in [2.75, 3.05) is 6.26 Å². The van der Waals surface area contributed by atoms with E-state index < -0.39 is 47.8 Å². The zero-order valence-electron chi connectivity index (χ0n) is 25.9. The van der Waals surface area contributed by atoms with E-state index in [1.54, 1.807) is 11.3 Å². The third-order valence-corrected chi connectivity index (χ3v) is 9.92. The summed E-state index contributed by atoms with van der Waals surface area (Å²) in [6, 6.07) is 18.3. The number of thioether (sulfide) groups is 1. The number of rotatable bonds is 10. The van der Waals surface area contributed by atoms with Crippen LogP contribution in [-0.4, -0.2) is 59.9 Å². The summed E-state index contributed by atoms with van der Waals surface area (Å²) in [7, 11) is 0. The van der Waals surface area contributed by atoms with Gasteiger partial charge in [-0.3, -0.25) is 19.2 Å². The third kappa shape index (κ3) is 8.14. The molecular weight excluding hydrogens is 615 g/mol. The second-order valence-corrected chi connectivity index (χ2v) is 13.5. The second-order valence-electron chi connectivity index (χ2n) is 11.3. The van der Waals surface area contributed by atoms with Gasteiger partial charge in [-0.25, -0.2) is 0 Å². The Bertz CT molecular complexity index is 1560. The highest BCUT2D eigenvalue weighted by Crippen LogP contribution is 2.42. The zero-order valence-corrected chi connectivity index (χ0v) is 27.5. The molecule has 1 amide bonds. The van der Waals surface area contributed by atoms with Crippen molar-refractivity contribution in [3.8, 4) is 10.4 Å². The Kier molecular flexibility index (Phi) is 10.3. The van der Waals surface area contributed by atoms with Crippen LogP contribution in [0.4, 0.5) is 0 Å². The Morgan fingerprint density at radius 3 is 2.18 bits per heavy atom. The Labute approximate surface area is 271 Å². The number of carbonyl (C=O) groups is 4. The summed E-state index contributed by atoms with van der Waals surface area (Å²) in [4.78, 5) is 50.7. The fraction of sp³-hybridized carbons (Fsp3) is 0.412. The van der Waals surface area contributed by atoms with Crippen molar-refractivity contribution >= 4 is 46.9 Å². The number of thiophene rings is 1. The maximum absolute atomic E-state index is 12.4. The van der Waals surface area contributed by atoms with E-state index in [2.05, 4.69) is 23.5 Å². The molecule has 1 aliphatic heterocycles. The number of hydrogen-bond acceptors (Lipinski definition) is 10. The lowest BCUT2D eigenvalue weighted by Crippen LogP contribution is -2.57. The zero-order chi connectivity index (χ0) is 32.2. The van der Waals surface area contributed by atoms with Crippen LogP contribution < -0.4 is 5.32 Å². The van der Waals surface area contributed by atoms with Crippen LogP contribution in [0.5, 0.6) is 0 Å². The number of carbonyl (C=O) groups excluding carboxylic acids is 4. The fourth-order valence-corrected chi connectivity index (χ4v) is 7.38. The number of nitrogens with one attached hydrogen (secondary N) is 1. The maximum Gasteiger partial charge on any atom is 0.305 e. The molecule has 1 aliphatic carbocycles. The topological polar surface area (TPSA) is 117 Å². The van der Waals surface area contributed by atoms with Gasteiger partial charge in [-0.05, 0) is 72.5 Å². The first kappa shape index (κ1) is 32.7. The average molecular weight is 652 g/mol. The molecule has 2 aliphatic rings.